The van der Waals surface area contributed by atoms with Gasteiger partial charge in [0.1, 0.15) is 11.9 Å². The van der Waals surface area contributed by atoms with Crippen molar-refractivity contribution in [3.05, 3.63) is 65.5 Å². The van der Waals surface area contributed by atoms with Gasteiger partial charge < -0.3 is 10.1 Å². The number of carboxylic acid groups (broad SMARTS) is 1. The third-order valence-corrected chi connectivity index (χ3v) is 4.23. The predicted octanol–water partition coefficient (Wildman–Crippen LogP) is 2.37. The van der Waals surface area contributed by atoms with E-state index in [1.807, 2.05) is 6.07 Å². The Morgan fingerprint density at radius 3 is 2.24 bits per heavy atom. The topological polar surface area (TPSA) is 103 Å². The van der Waals surface area contributed by atoms with E-state index in [0.29, 0.717) is 11.0 Å². The van der Waals surface area contributed by atoms with Gasteiger partial charge in [-0.05, 0) is 24.3 Å². The third-order valence-electron chi connectivity index (χ3n) is 4.23. The maximum atomic E-state index is 12.7. The molecule has 4 rings (SSSR count). The molecule has 25 heavy (non-hydrogen) atoms. The molecule has 2 heterocycles. The first kappa shape index (κ1) is 15.1. The van der Waals surface area contributed by atoms with Crippen LogP contribution in [0.3, 0.4) is 0 Å². The molecule has 2 aromatic carbocycles. The van der Waals surface area contributed by atoms with Gasteiger partial charge in [-0.1, -0.05) is 24.3 Å². The predicted molar refractivity (Wildman–Crippen MR) is 88.0 cm³/mol. The van der Waals surface area contributed by atoms with E-state index < -0.39 is 30.2 Å². The lowest BCUT2D eigenvalue weighted by molar-refractivity contribution is -0.138. The van der Waals surface area contributed by atoms with Crippen LogP contribution in [0.1, 0.15) is 39.0 Å². The fraction of sp³-hybridized carbons (Fsp3) is 0.111. The molecule has 1 aliphatic heterocycles. The lowest BCUT2D eigenvalue weighted by Gasteiger charge is -2.23. The van der Waals surface area contributed by atoms with E-state index >= 15 is 0 Å². The molecule has 0 bridgehead atoms. The Balaban J connectivity index is 1.81. The maximum absolute atomic E-state index is 12.7. The van der Waals surface area contributed by atoms with Gasteiger partial charge in [0.25, 0.3) is 11.8 Å². The van der Waals surface area contributed by atoms with Crippen molar-refractivity contribution in [3.63, 3.8) is 0 Å². The van der Waals surface area contributed by atoms with Crippen molar-refractivity contribution in [2.45, 2.75) is 12.5 Å². The zero-order valence-corrected chi connectivity index (χ0v) is 13.0. The molecule has 1 atom stereocenters. The Bertz CT molecular complexity index is 956. The molecule has 2 amide bonds. The first-order chi connectivity index (χ1) is 12.1. The summed E-state index contributed by atoms with van der Waals surface area (Å²) in [5.41, 5.74) is 1.91. The number of aromatic nitrogens is 2. The number of carbonyl (C=O) groups excluding carboxylic acids is 2. The van der Waals surface area contributed by atoms with Crippen molar-refractivity contribution < 1.29 is 19.5 Å². The van der Waals surface area contributed by atoms with Gasteiger partial charge in [0, 0.05) is 0 Å². The number of imidazole rings is 1. The molecule has 0 saturated carbocycles. The van der Waals surface area contributed by atoms with Crippen LogP contribution in [0.25, 0.3) is 11.0 Å². The molecular formula is C18H13N3O4. The van der Waals surface area contributed by atoms with Gasteiger partial charge in [-0.25, -0.2) is 4.98 Å². The quantitative estimate of drug-likeness (QED) is 0.713. The van der Waals surface area contributed by atoms with Crippen LogP contribution in [-0.4, -0.2) is 37.8 Å². The number of H-pyrrole nitrogens is 1. The summed E-state index contributed by atoms with van der Waals surface area (Å²) in [6.07, 6.45) is -0.425. The van der Waals surface area contributed by atoms with Crippen molar-refractivity contribution in [3.8, 4) is 0 Å². The van der Waals surface area contributed by atoms with Crippen molar-refractivity contribution in [2.24, 2.45) is 0 Å². The molecule has 0 radical (unpaired) electrons. The number of hydrogen-bond acceptors (Lipinski definition) is 4. The number of nitrogens with one attached hydrogen (secondary N) is 1. The minimum absolute atomic E-state index is 0.276. The van der Waals surface area contributed by atoms with Gasteiger partial charge in [-0.2, -0.15) is 0 Å². The standard InChI is InChI=1S/C18H13N3O4/c22-15(23)9-14(16-19-12-7-3-4-8-13(12)20-16)21-17(24)10-5-1-2-6-11(10)18(21)25/h1-8,14H,9H2,(H,19,20)(H,22,23). The lowest BCUT2D eigenvalue weighted by Crippen LogP contribution is -2.36. The Morgan fingerprint density at radius 2 is 1.64 bits per heavy atom. The van der Waals surface area contributed by atoms with E-state index in [2.05, 4.69) is 9.97 Å². The molecule has 1 unspecified atom stereocenters. The monoisotopic (exact) mass is 335 g/mol. The normalized spacial score (nSPS) is 14.8. The Hall–Kier alpha value is -3.48. The number of carbonyl (C=O) groups is 3. The van der Waals surface area contributed by atoms with Gasteiger partial charge >= 0.3 is 5.97 Å². The molecule has 7 nitrogen and oxygen atoms in total. The van der Waals surface area contributed by atoms with Crippen LogP contribution in [0.15, 0.2) is 48.5 Å². The minimum atomic E-state index is -1.12. The number of amides is 2. The molecule has 124 valence electrons. The highest BCUT2D eigenvalue weighted by molar-refractivity contribution is 6.21. The van der Waals surface area contributed by atoms with Crippen LogP contribution in [0.4, 0.5) is 0 Å². The van der Waals surface area contributed by atoms with Gasteiger partial charge in [-0.3, -0.25) is 19.3 Å². The Labute approximate surface area is 141 Å². The SMILES string of the molecule is O=C(O)CC(c1nc2ccccc2[nH]1)N1C(=O)c2ccccc2C1=O. The number of para-hydroxylation sites is 2. The fourth-order valence-corrected chi connectivity index (χ4v) is 3.10. The molecule has 0 aliphatic carbocycles. The van der Waals surface area contributed by atoms with Crippen LogP contribution in [0.5, 0.6) is 0 Å². The smallest absolute Gasteiger partial charge is 0.305 e. The second-order valence-electron chi connectivity index (χ2n) is 5.78. The summed E-state index contributed by atoms with van der Waals surface area (Å²) >= 11 is 0. The van der Waals surface area contributed by atoms with Crippen LogP contribution >= 0.6 is 0 Å². The summed E-state index contributed by atoms with van der Waals surface area (Å²) in [6.45, 7) is 0. The number of aromatic amines is 1. The Morgan fingerprint density at radius 1 is 1.04 bits per heavy atom. The first-order valence-electron chi connectivity index (χ1n) is 7.69. The zero-order chi connectivity index (χ0) is 17.6. The number of imide groups is 1. The summed E-state index contributed by atoms with van der Waals surface area (Å²) in [7, 11) is 0. The number of aliphatic carboxylic acids is 1. The van der Waals surface area contributed by atoms with Gasteiger partial charge in [0.05, 0.1) is 28.6 Å². The lowest BCUT2D eigenvalue weighted by atomic mass is 10.1. The van der Waals surface area contributed by atoms with Crippen molar-refractivity contribution in [1.82, 2.24) is 14.9 Å². The molecule has 3 aromatic rings. The van der Waals surface area contributed by atoms with E-state index in [9.17, 15) is 19.5 Å². The van der Waals surface area contributed by atoms with Crippen LogP contribution in [-0.2, 0) is 4.79 Å². The summed E-state index contributed by atoms with van der Waals surface area (Å²) in [6, 6.07) is 12.7. The van der Waals surface area contributed by atoms with E-state index in [1.165, 1.54) is 0 Å². The second kappa shape index (κ2) is 5.55. The Kier molecular flexibility index (Phi) is 3.35. The van der Waals surface area contributed by atoms with Gasteiger partial charge in [0.2, 0.25) is 0 Å². The highest BCUT2D eigenvalue weighted by Crippen LogP contribution is 2.33. The molecule has 1 aliphatic rings. The number of hydrogen-bond donors (Lipinski definition) is 2. The summed E-state index contributed by atoms with van der Waals surface area (Å²) in [4.78, 5) is 45.1. The average molecular weight is 335 g/mol. The highest BCUT2D eigenvalue weighted by Gasteiger charge is 2.42. The van der Waals surface area contributed by atoms with Crippen molar-refractivity contribution in [2.75, 3.05) is 0 Å². The van der Waals surface area contributed by atoms with E-state index in [-0.39, 0.29) is 17.0 Å². The number of fused-ring (bicyclic) bond motifs is 2. The highest BCUT2D eigenvalue weighted by atomic mass is 16.4. The minimum Gasteiger partial charge on any atom is -0.481 e. The molecule has 0 fully saturated rings. The third kappa shape index (κ3) is 2.37. The summed E-state index contributed by atoms with van der Waals surface area (Å²) < 4.78 is 0. The molecule has 1 aromatic heterocycles. The van der Waals surface area contributed by atoms with E-state index in [1.54, 1.807) is 42.5 Å². The molecule has 0 saturated heterocycles. The molecule has 0 spiro atoms. The van der Waals surface area contributed by atoms with E-state index in [0.717, 1.165) is 4.90 Å². The van der Waals surface area contributed by atoms with Crippen LogP contribution < -0.4 is 0 Å². The summed E-state index contributed by atoms with van der Waals surface area (Å²) in [5.74, 6) is -1.86. The molecular weight excluding hydrogens is 322 g/mol. The largest absolute Gasteiger partial charge is 0.481 e. The van der Waals surface area contributed by atoms with E-state index in [4.69, 9.17) is 0 Å². The molecule has 2 N–H and O–H groups in total. The zero-order valence-electron chi connectivity index (χ0n) is 13.0. The van der Waals surface area contributed by atoms with Gasteiger partial charge in [0.15, 0.2) is 0 Å². The second-order valence-corrected chi connectivity index (χ2v) is 5.78. The number of benzene rings is 2. The summed E-state index contributed by atoms with van der Waals surface area (Å²) in [5, 5.41) is 9.28. The average Bonchev–Trinajstić information content (AvgIpc) is 3.13. The van der Waals surface area contributed by atoms with Crippen molar-refractivity contribution >= 4 is 28.8 Å². The first-order valence-corrected chi connectivity index (χ1v) is 7.69. The maximum Gasteiger partial charge on any atom is 0.305 e. The van der Waals surface area contributed by atoms with Crippen LogP contribution in [0.2, 0.25) is 0 Å². The number of rotatable bonds is 4. The van der Waals surface area contributed by atoms with Crippen LogP contribution in [0, 0.1) is 0 Å². The van der Waals surface area contributed by atoms with Gasteiger partial charge in [-0.15, -0.1) is 0 Å². The fourth-order valence-electron chi connectivity index (χ4n) is 3.10. The van der Waals surface area contributed by atoms with Crippen molar-refractivity contribution in [1.29, 1.82) is 0 Å². The number of nitrogens with zero attached hydrogens (tertiary/aromatic N) is 2. The number of carboxylic acids is 1. The molecule has 7 heteroatoms.